The van der Waals surface area contributed by atoms with Gasteiger partial charge in [0.05, 0.1) is 0 Å². The van der Waals surface area contributed by atoms with Gasteiger partial charge in [-0.25, -0.2) is 8.78 Å². The first kappa shape index (κ1) is 14.6. The van der Waals surface area contributed by atoms with Gasteiger partial charge in [0.25, 0.3) is 5.92 Å². The second kappa shape index (κ2) is 5.79. The van der Waals surface area contributed by atoms with Crippen molar-refractivity contribution in [2.45, 2.75) is 44.6 Å². The monoisotopic (exact) mass is 297 g/mol. The van der Waals surface area contributed by atoms with Gasteiger partial charge in [-0.15, -0.1) is 0 Å². The van der Waals surface area contributed by atoms with Crippen molar-refractivity contribution in [3.63, 3.8) is 0 Å². The summed E-state index contributed by atoms with van der Waals surface area (Å²) in [6.07, 6.45) is 3.95. The number of hydrogen-bond donors (Lipinski definition) is 1. The Labute approximate surface area is 123 Å². The number of alkyl halides is 2. The molecule has 0 aromatic heterocycles. The van der Waals surface area contributed by atoms with E-state index in [1.807, 2.05) is 0 Å². The molecule has 0 saturated carbocycles. The van der Waals surface area contributed by atoms with E-state index in [9.17, 15) is 8.78 Å². The Kier molecular flexibility index (Phi) is 4.02. The second-order valence-corrected chi connectivity index (χ2v) is 5.89. The Morgan fingerprint density at radius 1 is 1.19 bits per heavy atom. The first-order chi connectivity index (χ1) is 10.0. The Hall–Kier alpha value is -1.36. The Balaban J connectivity index is 1.92. The molecule has 1 N–H and O–H groups in total. The van der Waals surface area contributed by atoms with Crippen LogP contribution >= 0.6 is 0 Å². The normalized spacial score (nSPS) is 22.1. The van der Waals surface area contributed by atoms with E-state index in [1.54, 1.807) is 6.07 Å². The minimum absolute atomic E-state index is 0.0547. The van der Waals surface area contributed by atoms with E-state index in [0.717, 1.165) is 32.7 Å². The molecule has 1 aromatic carbocycles. The van der Waals surface area contributed by atoms with E-state index in [-0.39, 0.29) is 11.6 Å². The number of ether oxygens (including phenoxy) is 2. The lowest BCUT2D eigenvalue weighted by Gasteiger charge is -2.27. The highest BCUT2D eigenvalue weighted by molar-refractivity contribution is 5.49. The molecule has 5 heteroatoms. The number of benzene rings is 1. The molecule has 0 radical (unpaired) electrons. The average Bonchev–Trinajstić information content (AvgIpc) is 2.46. The van der Waals surface area contributed by atoms with Crippen molar-refractivity contribution in [2.24, 2.45) is 0 Å². The van der Waals surface area contributed by atoms with Gasteiger partial charge in [0.15, 0.2) is 11.5 Å². The highest BCUT2D eigenvalue weighted by atomic mass is 19.3. The van der Waals surface area contributed by atoms with Crippen LogP contribution in [-0.2, 0) is 12.3 Å². The molecule has 2 aliphatic rings. The molecule has 0 spiro atoms. The van der Waals surface area contributed by atoms with Gasteiger partial charge in [0, 0.05) is 18.5 Å². The molecule has 0 aliphatic carbocycles. The minimum atomic E-state index is -2.88. The summed E-state index contributed by atoms with van der Waals surface area (Å²) >= 11 is 0. The van der Waals surface area contributed by atoms with Crippen LogP contribution in [0, 0.1) is 0 Å². The molecule has 116 valence electrons. The van der Waals surface area contributed by atoms with Crippen LogP contribution in [0.2, 0.25) is 0 Å². The number of piperidine rings is 1. The van der Waals surface area contributed by atoms with E-state index in [1.165, 1.54) is 6.07 Å². The summed E-state index contributed by atoms with van der Waals surface area (Å²) in [6.45, 7) is 2.78. The minimum Gasteiger partial charge on any atom is -0.486 e. The quantitative estimate of drug-likeness (QED) is 0.929. The SMILES string of the molecule is CC(F)(F)c1cc2c(cc1CC1CCCCN1)OCCO2. The van der Waals surface area contributed by atoms with Crippen LogP contribution in [0.5, 0.6) is 11.5 Å². The van der Waals surface area contributed by atoms with Gasteiger partial charge < -0.3 is 14.8 Å². The lowest BCUT2D eigenvalue weighted by atomic mass is 9.92. The zero-order valence-electron chi connectivity index (χ0n) is 12.3. The Bertz CT molecular complexity index is 508. The van der Waals surface area contributed by atoms with Gasteiger partial charge in [0.1, 0.15) is 13.2 Å². The van der Waals surface area contributed by atoms with Gasteiger partial charge in [-0.05, 0) is 43.5 Å². The molecular formula is C16H21F2NO2. The fraction of sp³-hybridized carbons (Fsp3) is 0.625. The molecule has 1 atom stereocenters. The summed E-state index contributed by atoms with van der Waals surface area (Å²) in [5.41, 5.74) is 0.713. The van der Waals surface area contributed by atoms with Crippen molar-refractivity contribution in [1.82, 2.24) is 5.32 Å². The molecule has 3 rings (SSSR count). The van der Waals surface area contributed by atoms with Crippen LogP contribution in [0.1, 0.15) is 37.3 Å². The Morgan fingerprint density at radius 2 is 1.90 bits per heavy atom. The summed E-state index contributed by atoms with van der Waals surface area (Å²) in [5.74, 6) is -1.86. The third kappa shape index (κ3) is 3.28. The molecule has 1 saturated heterocycles. The summed E-state index contributed by atoms with van der Waals surface area (Å²) in [6, 6.07) is 3.45. The molecule has 1 fully saturated rings. The largest absolute Gasteiger partial charge is 0.486 e. The van der Waals surface area contributed by atoms with Gasteiger partial charge in [-0.1, -0.05) is 6.42 Å². The fourth-order valence-corrected chi connectivity index (χ4v) is 3.07. The average molecular weight is 297 g/mol. The van der Waals surface area contributed by atoms with Crippen LogP contribution in [0.25, 0.3) is 0 Å². The highest BCUT2D eigenvalue weighted by Gasteiger charge is 2.31. The molecule has 1 unspecified atom stereocenters. The van der Waals surface area contributed by atoms with Crippen molar-refractivity contribution in [3.05, 3.63) is 23.3 Å². The second-order valence-electron chi connectivity index (χ2n) is 5.89. The van der Waals surface area contributed by atoms with E-state index >= 15 is 0 Å². The third-order valence-electron chi connectivity index (χ3n) is 4.12. The van der Waals surface area contributed by atoms with Crippen LogP contribution in [-0.4, -0.2) is 25.8 Å². The molecule has 21 heavy (non-hydrogen) atoms. The topological polar surface area (TPSA) is 30.5 Å². The lowest BCUT2D eigenvalue weighted by Crippen LogP contribution is -2.36. The molecular weight excluding hydrogens is 276 g/mol. The number of fused-ring (bicyclic) bond motifs is 1. The van der Waals surface area contributed by atoms with Gasteiger partial charge in [-0.2, -0.15) is 0 Å². The van der Waals surface area contributed by atoms with Crippen molar-refractivity contribution >= 4 is 0 Å². The van der Waals surface area contributed by atoms with Crippen LogP contribution in [0.15, 0.2) is 12.1 Å². The third-order valence-corrected chi connectivity index (χ3v) is 4.12. The Morgan fingerprint density at radius 3 is 2.52 bits per heavy atom. The molecule has 0 amide bonds. The molecule has 3 nitrogen and oxygen atoms in total. The predicted molar refractivity (Wildman–Crippen MR) is 76.3 cm³/mol. The number of hydrogen-bond acceptors (Lipinski definition) is 3. The summed E-state index contributed by atoms with van der Waals surface area (Å²) in [5, 5.41) is 3.41. The summed E-state index contributed by atoms with van der Waals surface area (Å²) < 4.78 is 38.8. The zero-order chi connectivity index (χ0) is 14.9. The molecule has 0 bridgehead atoms. The van der Waals surface area contributed by atoms with E-state index in [0.29, 0.717) is 36.7 Å². The smallest absolute Gasteiger partial charge is 0.270 e. The maximum Gasteiger partial charge on any atom is 0.270 e. The highest BCUT2D eigenvalue weighted by Crippen LogP contribution is 2.40. The molecule has 2 aliphatic heterocycles. The van der Waals surface area contributed by atoms with Gasteiger partial charge in [0.2, 0.25) is 0 Å². The van der Waals surface area contributed by atoms with E-state index < -0.39 is 5.92 Å². The standard InChI is InChI=1S/C16H21F2NO2/c1-16(17,18)13-10-15-14(20-6-7-21-15)9-11(13)8-12-4-2-3-5-19-12/h9-10,12,19H,2-8H2,1H3. The predicted octanol–water partition coefficient (Wildman–Crippen LogP) is 3.25. The maximum atomic E-state index is 13.9. The van der Waals surface area contributed by atoms with Gasteiger partial charge in [-0.3, -0.25) is 0 Å². The van der Waals surface area contributed by atoms with Crippen molar-refractivity contribution in [2.75, 3.05) is 19.8 Å². The zero-order valence-corrected chi connectivity index (χ0v) is 12.3. The van der Waals surface area contributed by atoms with Crippen LogP contribution in [0.4, 0.5) is 8.78 Å². The number of nitrogens with one attached hydrogen (secondary N) is 1. The first-order valence-corrected chi connectivity index (χ1v) is 7.58. The van der Waals surface area contributed by atoms with Crippen LogP contribution < -0.4 is 14.8 Å². The first-order valence-electron chi connectivity index (χ1n) is 7.58. The number of halogens is 2. The molecule has 2 heterocycles. The fourth-order valence-electron chi connectivity index (χ4n) is 3.07. The summed E-state index contributed by atoms with van der Waals surface area (Å²) in [4.78, 5) is 0. The van der Waals surface area contributed by atoms with E-state index in [2.05, 4.69) is 5.32 Å². The van der Waals surface area contributed by atoms with Crippen LogP contribution in [0.3, 0.4) is 0 Å². The lowest BCUT2D eigenvalue weighted by molar-refractivity contribution is 0.0158. The number of rotatable bonds is 3. The maximum absolute atomic E-state index is 13.9. The van der Waals surface area contributed by atoms with Crippen molar-refractivity contribution in [1.29, 1.82) is 0 Å². The van der Waals surface area contributed by atoms with E-state index in [4.69, 9.17) is 9.47 Å². The van der Waals surface area contributed by atoms with Crippen molar-refractivity contribution < 1.29 is 18.3 Å². The summed E-state index contributed by atoms with van der Waals surface area (Å²) in [7, 11) is 0. The van der Waals surface area contributed by atoms with Crippen molar-refractivity contribution in [3.8, 4) is 11.5 Å². The molecule has 1 aromatic rings. The van der Waals surface area contributed by atoms with Gasteiger partial charge >= 0.3 is 0 Å².